The number of nitrogens with zero attached hydrogens (tertiary/aromatic N) is 3. The predicted molar refractivity (Wildman–Crippen MR) is 62.0 cm³/mol. The van der Waals surface area contributed by atoms with E-state index in [2.05, 4.69) is 21.4 Å². The van der Waals surface area contributed by atoms with E-state index in [1.807, 2.05) is 0 Å². The van der Waals surface area contributed by atoms with Gasteiger partial charge in [-0.25, -0.2) is 0 Å². The molecule has 2 rings (SSSR count). The number of nitrogens with two attached hydrogens (primary N) is 1. The van der Waals surface area contributed by atoms with Gasteiger partial charge in [0.2, 0.25) is 0 Å². The molecule has 0 amide bonds. The van der Waals surface area contributed by atoms with Gasteiger partial charge in [0, 0.05) is 30.7 Å². The molecule has 4 nitrogen and oxygen atoms in total. The lowest BCUT2D eigenvalue weighted by molar-refractivity contribution is 0.253. The van der Waals surface area contributed by atoms with Crippen molar-refractivity contribution in [2.45, 2.75) is 25.9 Å². The molecule has 0 saturated carbocycles. The third-order valence-corrected chi connectivity index (χ3v) is 3.97. The molecule has 1 aliphatic rings. The average Bonchev–Trinajstić information content (AvgIpc) is 2.76. The molecule has 6 heteroatoms. The molecule has 2 atom stereocenters. The lowest BCUT2D eigenvalue weighted by atomic mass is 10.1. The molecule has 0 radical (unpaired) electrons. The Morgan fingerprint density at radius 2 is 2.47 bits per heavy atom. The summed E-state index contributed by atoms with van der Waals surface area (Å²) in [5.74, 6) is 0.616. The van der Waals surface area contributed by atoms with Gasteiger partial charge in [0.15, 0.2) is 0 Å². The Labute approximate surface area is 98.6 Å². The summed E-state index contributed by atoms with van der Waals surface area (Å²) < 4.78 is 4.54. The van der Waals surface area contributed by atoms with Crippen molar-refractivity contribution >= 4 is 23.1 Å². The van der Waals surface area contributed by atoms with Crippen molar-refractivity contribution < 1.29 is 0 Å². The van der Waals surface area contributed by atoms with E-state index in [-0.39, 0.29) is 0 Å². The van der Waals surface area contributed by atoms with Crippen LogP contribution in [0, 0.1) is 5.92 Å². The van der Waals surface area contributed by atoms with Crippen LogP contribution < -0.4 is 5.73 Å². The SMILES string of the molecule is CC1CC(CN)CN1Cc1nnsc1Cl. The number of hydrogen-bond donors (Lipinski definition) is 1. The first-order chi connectivity index (χ1) is 7.20. The molecule has 2 heterocycles. The van der Waals surface area contributed by atoms with Gasteiger partial charge >= 0.3 is 0 Å². The Morgan fingerprint density at radius 3 is 3.00 bits per heavy atom. The Balaban J connectivity index is 1.98. The second-order valence-corrected chi connectivity index (χ2v) is 5.47. The maximum atomic E-state index is 5.98. The molecule has 1 fully saturated rings. The Kier molecular flexibility index (Phi) is 3.56. The van der Waals surface area contributed by atoms with Crippen molar-refractivity contribution in [1.82, 2.24) is 14.5 Å². The minimum absolute atomic E-state index is 0.566. The molecule has 15 heavy (non-hydrogen) atoms. The van der Waals surface area contributed by atoms with Crippen LogP contribution in [0.5, 0.6) is 0 Å². The zero-order chi connectivity index (χ0) is 10.8. The summed E-state index contributed by atoms with van der Waals surface area (Å²) in [5, 5.41) is 4.03. The molecular weight excluding hydrogens is 232 g/mol. The van der Waals surface area contributed by atoms with Crippen molar-refractivity contribution in [3.63, 3.8) is 0 Å². The highest BCUT2D eigenvalue weighted by molar-refractivity contribution is 7.10. The van der Waals surface area contributed by atoms with E-state index in [9.17, 15) is 0 Å². The van der Waals surface area contributed by atoms with Crippen LogP contribution in [0.1, 0.15) is 19.0 Å². The van der Waals surface area contributed by atoms with E-state index in [0.717, 1.165) is 25.3 Å². The molecule has 1 aliphatic heterocycles. The Hall–Kier alpha value is -0.230. The fourth-order valence-corrected chi connectivity index (χ4v) is 2.70. The van der Waals surface area contributed by atoms with Crippen LogP contribution in [-0.4, -0.2) is 33.6 Å². The zero-order valence-corrected chi connectivity index (χ0v) is 10.3. The van der Waals surface area contributed by atoms with E-state index < -0.39 is 0 Å². The van der Waals surface area contributed by atoms with Crippen LogP contribution in [0.4, 0.5) is 0 Å². The molecule has 1 saturated heterocycles. The summed E-state index contributed by atoms with van der Waals surface area (Å²) in [6.07, 6.45) is 1.17. The second-order valence-electron chi connectivity index (χ2n) is 4.11. The zero-order valence-electron chi connectivity index (χ0n) is 8.69. The maximum absolute atomic E-state index is 5.98. The van der Waals surface area contributed by atoms with E-state index in [1.165, 1.54) is 18.0 Å². The van der Waals surface area contributed by atoms with Crippen LogP contribution in [0.15, 0.2) is 0 Å². The van der Waals surface area contributed by atoms with Gasteiger partial charge in [0.25, 0.3) is 0 Å². The minimum Gasteiger partial charge on any atom is -0.330 e. The van der Waals surface area contributed by atoms with Gasteiger partial charge in [-0.05, 0) is 25.8 Å². The quantitative estimate of drug-likeness (QED) is 0.875. The van der Waals surface area contributed by atoms with E-state index in [4.69, 9.17) is 17.3 Å². The molecule has 1 aromatic heterocycles. The summed E-state index contributed by atoms with van der Waals surface area (Å²) >= 11 is 7.23. The van der Waals surface area contributed by atoms with Crippen LogP contribution in [-0.2, 0) is 6.54 Å². The van der Waals surface area contributed by atoms with Crippen molar-refractivity contribution in [2.75, 3.05) is 13.1 Å². The smallest absolute Gasteiger partial charge is 0.138 e. The van der Waals surface area contributed by atoms with Crippen molar-refractivity contribution in [3.05, 3.63) is 10.0 Å². The lowest BCUT2D eigenvalue weighted by Gasteiger charge is -2.19. The second kappa shape index (κ2) is 4.74. The normalized spacial score (nSPS) is 27.4. The summed E-state index contributed by atoms with van der Waals surface area (Å²) in [6.45, 7) is 4.84. The number of rotatable bonds is 3. The minimum atomic E-state index is 0.566. The summed E-state index contributed by atoms with van der Waals surface area (Å²) in [7, 11) is 0. The predicted octanol–water partition coefficient (Wildman–Crippen LogP) is 1.36. The molecule has 0 aromatic carbocycles. The van der Waals surface area contributed by atoms with E-state index >= 15 is 0 Å². The summed E-state index contributed by atoms with van der Waals surface area (Å²) in [6, 6.07) is 0.566. The monoisotopic (exact) mass is 246 g/mol. The molecule has 0 aliphatic carbocycles. The third-order valence-electron chi connectivity index (χ3n) is 2.99. The van der Waals surface area contributed by atoms with E-state index in [0.29, 0.717) is 16.3 Å². The number of aromatic nitrogens is 2. The number of halogens is 1. The van der Waals surface area contributed by atoms with Crippen LogP contribution in [0.25, 0.3) is 0 Å². The molecule has 2 unspecified atom stereocenters. The number of likely N-dealkylation sites (tertiary alicyclic amines) is 1. The van der Waals surface area contributed by atoms with Gasteiger partial charge in [-0.1, -0.05) is 16.1 Å². The topological polar surface area (TPSA) is 55.0 Å². The van der Waals surface area contributed by atoms with Gasteiger partial charge in [-0.3, -0.25) is 4.90 Å². The highest BCUT2D eigenvalue weighted by Gasteiger charge is 2.28. The van der Waals surface area contributed by atoms with Crippen molar-refractivity contribution in [2.24, 2.45) is 11.7 Å². The molecule has 2 N–H and O–H groups in total. The fourth-order valence-electron chi connectivity index (χ4n) is 2.09. The molecular formula is C9H15ClN4S. The fraction of sp³-hybridized carbons (Fsp3) is 0.778. The third kappa shape index (κ3) is 2.47. The Morgan fingerprint density at radius 1 is 1.67 bits per heavy atom. The largest absolute Gasteiger partial charge is 0.330 e. The van der Waals surface area contributed by atoms with Gasteiger partial charge in [-0.15, -0.1) is 5.10 Å². The molecule has 1 aromatic rings. The number of hydrogen-bond acceptors (Lipinski definition) is 5. The van der Waals surface area contributed by atoms with Gasteiger partial charge < -0.3 is 5.73 Å². The Bertz CT molecular complexity index is 330. The molecule has 0 bridgehead atoms. The first-order valence-electron chi connectivity index (χ1n) is 5.11. The average molecular weight is 247 g/mol. The molecule has 0 spiro atoms. The highest BCUT2D eigenvalue weighted by atomic mass is 35.5. The highest BCUT2D eigenvalue weighted by Crippen LogP contribution is 2.26. The first kappa shape index (κ1) is 11.3. The van der Waals surface area contributed by atoms with Crippen LogP contribution in [0.3, 0.4) is 0 Å². The summed E-state index contributed by atoms with van der Waals surface area (Å²) in [5.41, 5.74) is 6.58. The van der Waals surface area contributed by atoms with Gasteiger partial charge in [0.05, 0.1) is 0 Å². The van der Waals surface area contributed by atoms with Crippen LogP contribution >= 0.6 is 23.1 Å². The van der Waals surface area contributed by atoms with Crippen molar-refractivity contribution in [1.29, 1.82) is 0 Å². The maximum Gasteiger partial charge on any atom is 0.138 e. The van der Waals surface area contributed by atoms with Gasteiger partial charge in [-0.2, -0.15) is 0 Å². The van der Waals surface area contributed by atoms with Crippen molar-refractivity contribution in [3.8, 4) is 0 Å². The van der Waals surface area contributed by atoms with E-state index in [1.54, 1.807) is 0 Å². The van der Waals surface area contributed by atoms with Crippen LogP contribution in [0.2, 0.25) is 4.34 Å². The lowest BCUT2D eigenvalue weighted by Crippen LogP contribution is -2.27. The molecule has 84 valence electrons. The van der Waals surface area contributed by atoms with Gasteiger partial charge in [0.1, 0.15) is 10.0 Å². The first-order valence-corrected chi connectivity index (χ1v) is 6.26. The standard InChI is InChI=1S/C9H15ClN4S/c1-6-2-7(3-11)4-14(6)5-8-9(10)15-13-12-8/h6-7H,2-5,11H2,1H3. The summed E-state index contributed by atoms with van der Waals surface area (Å²) in [4.78, 5) is 2.38.